The van der Waals surface area contributed by atoms with Crippen LogP contribution in [0.25, 0.3) is 5.69 Å². The van der Waals surface area contributed by atoms with Crippen LogP contribution in [0.4, 0.5) is 0 Å². The highest BCUT2D eigenvalue weighted by molar-refractivity contribution is 8.00. The Morgan fingerprint density at radius 1 is 1.27 bits per heavy atom. The molecule has 26 heavy (non-hydrogen) atoms. The highest BCUT2D eigenvalue weighted by Crippen LogP contribution is 2.36. The maximum atomic E-state index is 4.72. The molecule has 1 aliphatic rings. The molecule has 2 heterocycles. The number of aryl methyl sites for hydroxylation is 1. The Morgan fingerprint density at radius 2 is 2.04 bits per heavy atom. The molecule has 3 rings (SSSR count). The molecular weight excluding hydrogens is 342 g/mol. The van der Waals surface area contributed by atoms with Gasteiger partial charge in [-0.25, -0.2) is 4.68 Å². The minimum absolute atomic E-state index is 0.321. The van der Waals surface area contributed by atoms with Gasteiger partial charge in [0.2, 0.25) is 0 Å². The summed E-state index contributed by atoms with van der Waals surface area (Å²) in [5.74, 6) is 2.12. The lowest BCUT2D eigenvalue weighted by molar-refractivity contribution is 0.584. The van der Waals surface area contributed by atoms with Gasteiger partial charge < -0.3 is 10.6 Å². The van der Waals surface area contributed by atoms with Crippen LogP contribution in [-0.4, -0.2) is 39.8 Å². The zero-order valence-electron chi connectivity index (χ0n) is 16.2. The van der Waals surface area contributed by atoms with E-state index in [-0.39, 0.29) is 0 Å². The number of nitrogens with zero attached hydrogens (tertiary/aromatic N) is 3. The SMILES string of the molecule is CN=C(NCc1c(C)nn(-c2ccccc2)c1C)NCC1(C)CCCS1. The van der Waals surface area contributed by atoms with Crippen molar-refractivity contribution in [3.05, 3.63) is 47.3 Å². The van der Waals surface area contributed by atoms with E-state index in [0.717, 1.165) is 29.6 Å². The van der Waals surface area contributed by atoms with E-state index in [0.29, 0.717) is 11.3 Å². The second kappa shape index (κ2) is 8.16. The van der Waals surface area contributed by atoms with Crippen LogP contribution in [0.15, 0.2) is 35.3 Å². The molecule has 1 aliphatic heterocycles. The van der Waals surface area contributed by atoms with Crippen LogP contribution < -0.4 is 10.6 Å². The quantitative estimate of drug-likeness (QED) is 0.624. The van der Waals surface area contributed by atoms with Crippen molar-refractivity contribution in [3.63, 3.8) is 0 Å². The molecule has 5 nitrogen and oxygen atoms in total. The number of para-hydroxylation sites is 1. The number of thioether (sulfide) groups is 1. The Balaban J connectivity index is 1.64. The van der Waals surface area contributed by atoms with E-state index in [4.69, 9.17) is 5.10 Å². The summed E-state index contributed by atoms with van der Waals surface area (Å²) in [5, 5.41) is 11.7. The van der Waals surface area contributed by atoms with Crippen LogP contribution in [-0.2, 0) is 6.54 Å². The Bertz CT molecular complexity index is 760. The number of aliphatic imine (C=N–C) groups is 1. The number of hydrogen-bond donors (Lipinski definition) is 2. The number of nitrogens with one attached hydrogen (secondary N) is 2. The highest BCUT2D eigenvalue weighted by atomic mass is 32.2. The summed E-state index contributed by atoms with van der Waals surface area (Å²) in [7, 11) is 1.83. The molecule has 140 valence electrons. The zero-order valence-corrected chi connectivity index (χ0v) is 17.0. The van der Waals surface area contributed by atoms with E-state index in [1.807, 2.05) is 29.9 Å². The summed E-state index contributed by atoms with van der Waals surface area (Å²) in [6.45, 7) is 8.18. The summed E-state index contributed by atoms with van der Waals surface area (Å²) in [6, 6.07) is 10.3. The fourth-order valence-electron chi connectivity index (χ4n) is 3.39. The van der Waals surface area contributed by atoms with Crippen molar-refractivity contribution in [2.45, 2.75) is 44.9 Å². The Hall–Kier alpha value is -1.95. The van der Waals surface area contributed by atoms with E-state index >= 15 is 0 Å². The summed E-state index contributed by atoms with van der Waals surface area (Å²) >= 11 is 2.06. The Morgan fingerprint density at radius 3 is 2.69 bits per heavy atom. The summed E-state index contributed by atoms with van der Waals surface area (Å²) < 4.78 is 2.33. The van der Waals surface area contributed by atoms with Crippen molar-refractivity contribution in [1.82, 2.24) is 20.4 Å². The predicted octanol–water partition coefficient (Wildman–Crippen LogP) is 3.44. The van der Waals surface area contributed by atoms with Crippen LogP contribution in [0.3, 0.4) is 0 Å². The van der Waals surface area contributed by atoms with Gasteiger partial charge in [0.25, 0.3) is 0 Å². The summed E-state index contributed by atoms with van der Waals surface area (Å²) in [6.07, 6.45) is 2.58. The van der Waals surface area contributed by atoms with Crippen molar-refractivity contribution in [2.75, 3.05) is 19.3 Å². The first-order valence-electron chi connectivity index (χ1n) is 9.21. The minimum atomic E-state index is 0.321. The number of aromatic nitrogens is 2. The number of guanidine groups is 1. The minimum Gasteiger partial charge on any atom is -0.355 e. The zero-order chi connectivity index (χ0) is 18.6. The fourth-order valence-corrected chi connectivity index (χ4v) is 4.64. The smallest absolute Gasteiger partial charge is 0.191 e. The Labute approximate surface area is 160 Å². The molecule has 1 saturated heterocycles. The largest absolute Gasteiger partial charge is 0.355 e. The monoisotopic (exact) mass is 371 g/mol. The molecule has 6 heteroatoms. The molecular formula is C20H29N5S. The molecule has 1 aromatic carbocycles. The summed E-state index contributed by atoms with van der Waals surface area (Å²) in [4.78, 5) is 4.38. The predicted molar refractivity (Wildman–Crippen MR) is 111 cm³/mol. The van der Waals surface area contributed by atoms with Gasteiger partial charge in [0, 0.05) is 36.1 Å². The lowest BCUT2D eigenvalue weighted by Gasteiger charge is -2.24. The van der Waals surface area contributed by atoms with E-state index < -0.39 is 0 Å². The van der Waals surface area contributed by atoms with Gasteiger partial charge in [0.1, 0.15) is 0 Å². The first-order chi connectivity index (χ1) is 12.5. The molecule has 1 atom stereocenters. The Kier molecular flexibility index (Phi) is 5.91. The third-order valence-electron chi connectivity index (χ3n) is 5.03. The highest BCUT2D eigenvalue weighted by Gasteiger charge is 2.29. The standard InChI is InChI=1S/C20H29N5S/c1-15-18(16(2)25(24-15)17-9-6-5-7-10-17)13-22-19(21-4)23-14-20(3)11-8-12-26-20/h5-7,9-10H,8,11-14H2,1-4H3,(H2,21,22,23). The van der Waals surface area contributed by atoms with Gasteiger partial charge in [-0.3, -0.25) is 4.99 Å². The van der Waals surface area contributed by atoms with E-state index in [1.165, 1.54) is 24.2 Å². The molecule has 0 amide bonds. The average molecular weight is 372 g/mol. The van der Waals surface area contributed by atoms with Crippen molar-refractivity contribution >= 4 is 17.7 Å². The van der Waals surface area contributed by atoms with Gasteiger partial charge in [-0.2, -0.15) is 16.9 Å². The van der Waals surface area contributed by atoms with Gasteiger partial charge >= 0.3 is 0 Å². The molecule has 0 saturated carbocycles. The number of benzene rings is 1. The summed E-state index contributed by atoms with van der Waals surface area (Å²) in [5.41, 5.74) is 4.52. The average Bonchev–Trinajstić information content (AvgIpc) is 3.20. The maximum absolute atomic E-state index is 4.72. The second-order valence-electron chi connectivity index (χ2n) is 7.08. The van der Waals surface area contributed by atoms with Gasteiger partial charge in [-0.1, -0.05) is 18.2 Å². The van der Waals surface area contributed by atoms with Gasteiger partial charge in [0.05, 0.1) is 11.4 Å². The molecule has 0 bridgehead atoms. The third-order valence-corrected chi connectivity index (χ3v) is 6.57. The van der Waals surface area contributed by atoms with E-state index in [1.54, 1.807) is 0 Å². The van der Waals surface area contributed by atoms with E-state index in [2.05, 4.69) is 60.3 Å². The van der Waals surface area contributed by atoms with E-state index in [9.17, 15) is 0 Å². The van der Waals surface area contributed by atoms with Crippen LogP contribution in [0, 0.1) is 13.8 Å². The van der Waals surface area contributed by atoms with Crippen LogP contribution >= 0.6 is 11.8 Å². The molecule has 1 unspecified atom stereocenters. The molecule has 1 fully saturated rings. The molecule has 0 aliphatic carbocycles. The topological polar surface area (TPSA) is 54.2 Å². The number of hydrogen-bond acceptors (Lipinski definition) is 3. The van der Waals surface area contributed by atoms with Crippen molar-refractivity contribution in [1.29, 1.82) is 0 Å². The fraction of sp³-hybridized carbons (Fsp3) is 0.500. The van der Waals surface area contributed by atoms with Crippen molar-refractivity contribution in [2.24, 2.45) is 4.99 Å². The van der Waals surface area contributed by atoms with Crippen LogP contribution in [0.2, 0.25) is 0 Å². The lowest BCUT2D eigenvalue weighted by Crippen LogP contribution is -2.43. The molecule has 2 N–H and O–H groups in total. The molecule has 0 spiro atoms. The molecule has 0 radical (unpaired) electrons. The van der Waals surface area contributed by atoms with Gasteiger partial charge in [-0.15, -0.1) is 0 Å². The van der Waals surface area contributed by atoms with Crippen molar-refractivity contribution in [3.8, 4) is 5.69 Å². The lowest BCUT2D eigenvalue weighted by atomic mass is 10.1. The maximum Gasteiger partial charge on any atom is 0.191 e. The second-order valence-corrected chi connectivity index (χ2v) is 8.76. The van der Waals surface area contributed by atoms with Crippen LogP contribution in [0.5, 0.6) is 0 Å². The third kappa shape index (κ3) is 4.23. The number of rotatable bonds is 5. The molecule has 1 aromatic heterocycles. The van der Waals surface area contributed by atoms with Crippen LogP contribution in [0.1, 0.15) is 36.7 Å². The first kappa shape index (κ1) is 18.8. The van der Waals surface area contributed by atoms with Gasteiger partial charge in [-0.05, 0) is 51.5 Å². The molecule has 2 aromatic rings. The van der Waals surface area contributed by atoms with Crippen molar-refractivity contribution < 1.29 is 0 Å². The first-order valence-corrected chi connectivity index (χ1v) is 10.2. The van der Waals surface area contributed by atoms with Gasteiger partial charge in [0.15, 0.2) is 5.96 Å². The normalized spacial score (nSPS) is 20.4.